The van der Waals surface area contributed by atoms with Gasteiger partial charge in [-0.15, -0.1) is 0 Å². The number of pyridine rings is 1. The molecule has 0 fully saturated rings. The number of hydrogen-bond acceptors (Lipinski definition) is 4. The van der Waals surface area contributed by atoms with Crippen LogP contribution in [0.15, 0.2) is 6.07 Å². The Balaban J connectivity index is 2.96. The lowest BCUT2D eigenvalue weighted by Crippen LogP contribution is -2.41. The second-order valence-corrected chi connectivity index (χ2v) is 13.7. The molecular weight excluding hydrogens is 354 g/mol. The molecule has 0 saturated carbocycles. The van der Waals surface area contributed by atoms with Gasteiger partial charge < -0.3 is 9.74 Å². The van der Waals surface area contributed by atoms with E-state index in [1.807, 2.05) is 19.1 Å². The molecule has 0 aliphatic heterocycles. The molecule has 150 valence electrons. The number of carbonyl (C=O) groups is 1. The zero-order valence-electron chi connectivity index (χ0n) is 18.2. The molecule has 1 rings (SSSR count). The van der Waals surface area contributed by atoms with E-state index in [1.165, 1.54) is 0 Å². The van der Waals surface area contributed by atoms with Crippen LogP contribution in [0.25, 0.3) is 0 Å². The number of carbonyl (C=O) groups excluding carboxylic acids is 1. The molecule has 6 heteroatoms. The van der Waals surface area contributed by atoms with Crippen molar-refractivity contribution in [3.05, 3.63) is 23.0 Å². The highest BCUT2D eigenvalue weighted by Gasteiger charge is 2.36. The van der Waals surface area contributed by atoms with Crippen molar-refractivity contribution in [2.75, 3.05) is 11.9 Å². The summed E-state index contributed by atoms with van der Waals surface area (Å²) in [6.07, 6.45) is 1.54. The van der Waals surface area contributed by atoms with Crippen LogP contribution in [0.3, 0.4) is 0 Å². The Morgan fingerprint density at radius 2 is 2.00 bits per heavy atom. The smallest absolute Gasteiger partial charge is 0.238 e. The molecule has 0 aliphatic rings. The second-order valence-electron chi connectivity index (χ2n) is 8.93. The molecule has 0 unspecified atom stereocenters. The van der Waals surface area contributed by atoms with Crippen LogP contribution in [-0.4, -0.2) is 25.8 Å². The molecule has 0 saturated heterocycles. The molecule has 0 aliphatic carbocycles. The Labute approximate surface area is 165 Å². The normalized spacial score (nSPS) is 12.1. The Bertz CT molecular complexity index is 701. The van der Waals surface area contributed by atoms with E-state index in [0.717, 1.165) is 35.5 Å². The fourth-order valence-electron chi connectivity index (χ4n) is 2.59. The van der Waals surface area contributed by atoms with Crippen molar-refractivity contribution >= 4 is 19.9 Å². The van der Waals surface area contributed by atoms with Crippen molar-refractivity contribution in [1.29, 1.82) is 5.26 Å². The van der Waals surface area contributed by atoms with E-state index in [0.29, 0.717) is 6.61 Å². The summed E-state index contributed by atoms with van der Waals surface area (Å²) in [7, 11) is -1.75. The Hall–Kier alpha value is -1.71. The van der Waals surface area contributed by atoms with Gasteiger partial charge in [-0.3, -0.25) is 9.78 Å². The summed E-state index contributed by atoms with van der Waals surface area (Å²) < 4.78 is 6.28. The van der Waals surface area contributed by atoms with Gasteiger partial charge in [0.1, 0.15) is 6.42 Å². The van der Waals surface area contributed by atoms with Crippen molar-refractivity contribution in [2.24, 2.45) is 0 Å². The second kappa shape index (κ2) is 9.47. The Morgan fingerprint density at radius 3 is 2.52 bits per heavy atom. The number of nitrogens with one attached hydrogen (secondary N) is 1. The Morgan fingerprint density at radius 1 is 1.37 bits per heavy atom. The van der Waals surface area contributed by atoms with E-state index in [2.05, 4.69) is 58.0 Å². The van der Waals surface area contributed by atoms with Gasteiger partial charge in [0.15, 0.2) is 8.32 Å². The lowest BCUT2D eigenvalue weighted by Gasteiger charge is -2.36. The van der Waals surface area contributed by atoms with Crippen LogP contribution in [0.1, 0.15) is 70.3 Å². The quantitative estimate of drug-likeness (QED) is 0.482. The first-order chi connectivity index (χ1) is 12.4. The molecule has 1 aromatic heterocycles. The number of amides is 1. The van der Waals surface area contributed by atoms with Gasteiger partial charge in [-0.1, -0.05) is 34.6 Å². The molecule has 1 heterocycles. The van der Waals surface area contributed by atoms with Crippen LogP contribution < -0.4 is 5.32 Å². The zero-order valence-corrected chi connectivity index (χ0v) is 19.2. The molecular formula is C21H35N3O2Si. The molecule has 1 N–H and O–H groups in total. The number of nitriles is 1. The summed E-state index contributed by atoms with van der Waals surface area (Å²) >= 11 is 0. The third-order valence-corrected chi connectivity index (χ3v) is 9.71. The maximum Gasteiger partial charge on any atom is 0.238 e. The first kappa shape index (κ1) is 23.3. The van der Waals surface area contributed by atoms with Crippen LogP contribution in [0.2, 0.25) is 18.1 Å². The predicted molar refractivity (Wildman–Crippen MR) is 113 cm³/mol. The number of rotatable bonds is 8. The molecule has 0 aromatic carbocycles. The maximum atomic E-state index is 12.0. The highest BCUT2D eigenvalue weighted by molar-refractivity contribution is 6.74. The van der Waals surface area contributed by atoms with Crippen molar-refractivity contribution < 1.29 is 9.22 Å². The predicted octanol–water partition coefficient (Wildman–Crippen LogP) is 5.32. The summed E-state index contributed by atoms with van der Waals surface area (Å²) in [5.74, 6) is -0.103. The summed E-state index contributed by atoms with van der Waals surface area (Å²) in [5, 5.41) is 11.9. The summed E-state index contributed by atoms with van der Waals surface area (Å²) in [5.41, 5.74) is 3.65. The highest BCUT2D eigenvalue weighted by Crippen LogP contribution is 2.36. The van der Waals surface area contributed by atoms with E-state index >= 15 is 0 Å². The average Bonchev–Trinajstić information content (AvgIpc) is 2.52. The fraction of sp³-hybridized carbons (Fsp3) is 0.667. The number of anilines is 1. The van der Waals surface area contributed by atoms with Gasteiger partial charge in [-0.05, 0) is 55.4 Å². The molecule has 5 nitrogen and oxygen atoms in total. The lowest BCUT2D eigenvalue weighted by atomic mass is 10.00. The lowest BCUT2D eigenvalue weighted by molar-refractivity contribution is -0.115. The van der Waals surface area contributed by atoms with Crippen molar-refractivity contribution in [1.82, 2.24) is 4.98 Å². The molecule has 27 heavy (non-hydrogen) atoms. The van der Waals surface area contributed by atoms with E-state index < -0.39 is 8.32 Å². The molecule has 0 radical (unpaired) electrons. The number of nitrogens with zero attached hydrogens (tertiary/aromatic N) is 2. The van der Waals surface area contributed by atoms with Crippen molar-refractivity contribution in [3.63, 3.8) is 0 Å². The average molecular weight is 390 g/mol. The largest absolute Gasteiger partial charge is 0.417 e. The minimum absolute atomic E-state index is 0.153. The van der Waals surface area contributed by atoms with Gasteiger partial charge in [0.2, 0.25) is 5.91 Å². The minimum Gasteiger partial charge on any atom is -0.417 e. The standard InChI is InChI=1S/C21H35N3O2Si/c1-15(2)19-20(24-18(25)11-12-22)17(14-16(3)23-19)10-9-13-26-27(7,8)21(4,5)6/h14-15H,9-11,13H2,1-8H3,(H,24,25). The van der Waals surface area contributed by atoms with E-state index in [4.69, 9.17) is 9.69 Å². The van der Waals surface area contributed by atoms with Crippen LogP contribution >= 0.6 is 0 Å². The van der Waals surface area contributed by atoms with Crippen LogP contribution in [-0.2, 0) is 15.6 Å². The van der Waals surface area contributed by atoms with Gasteiger partial charge in [0.05, 0.1) is 17.5 Å². The van der Waals surface area contributed by atoms with Gasteiger partial charge in [-0.2, -0.15) is 5.26 Å². The summed E-state index contributed by atoms with van der Waals surface area (Å²) in [4.78, 5) is 16.6. The van der Waals surface area contributed by atoms with Crippen molar-refractivity contribution in [2.45, 2.75) is 84.9 Å². The Kier molecular flexibility index (Phi) is 8.18. The van der Waals surface area contributed by atoms with Gasteiger partial charge in [-0.25, -0.2) is 0 Å². The minimum atomic E-state index is -1.75. The van der Waals surface area contributed by atoms with Gasteiger partial charge in [0.25, 0.3) is 0 Å². The number of hydrogen-bond donors (Lipinski definition) is 1. The van der Waals surface area contributed by atoms with Crippen LogP contribution in [0.4, 0.5) is 5.69 Å². The molecule has 0 spiro atoms. The van der Waals surface area contributed by atoms with Gasteiger partial charge >= 0.3 is 0 Å². The third-order valence-electron chi connectivity index (χ3n) is 5.17. The van der Waals surface area contributed by atoms with Crippen LogP contribution in [0, 0.1) is 18.3 Å². The number of aryl methyl sites for hydroxylation is 2. The fourth-order valence-corrected chi connectivity index (χ4v) is 3.68. The summed E-state index contributed by atoms with van der Waals surface area (Å²) in [6, 6.07) is 3.93. The summed E-state index contributed by atoms with van der Waals surface area (Å²) in [6.45, 7) is 18.0. The van der Waals surface area contributed by atoms with E-state index in [-0.39, 0.29) is 23.3 Å². The molecule has 0 bridgehead atoms. The third kappa shape index (κ3) is 6.75. The SMILES string of the molecule is Cc1cc(CCCO[Si](C)(C)C(C)(C)C)c(NC(=O)CC#N)c(C(C)C)n1. The zero-order chi connectivity index (χ0) is 20.8. The molecule has 1 aromatic rings. The van der Waals surface area contributed by atoms with E-state index in [1.54, 1.807) is 0 Å². The van der Waals surface area contributed by atoms with Crippen LogP contribution in [0.5, 0.6) is 0 Å². The molecule has 0 atom stereocenters. The highest BCUT2D eigenvalue weighted by atomic mass is 28.4. The van der Waals surface area contributed by atoms with E-state index in [9.17, 15) is 4.79 Å². The first-order valence-corrected chi connectivity index (χ1v) is 12.6. The maximum absolute atomic E-state index is 12.0. The number of aromatic nitrogens is 1. The van der Waals surface area contributed by atoms with Gasteiger partial charge in [0, 0.05) is 12.3 Å². The topological polar surface area (TPSA) is 75.0 Å². The first-order valence-electron chi connectivity index (χ1n) is 9.70. The molecule has 1 amide bonds. The van der Waals surface area contributed by atoms with Crippen molar-refractivity contribution in [3.8, 4) is 6.07 Å². The monoisotopic (exact) mass is 389 g/mol.